The van der Waals surface area contributed by atoms with Crippen molar-refractivity contribution in [3.8, 4) is 5.75 Å². The smallest absolute Gasteiger partial charge is 0.301 e. The second-order valence-electron chi connectivity index (χ2n) is 7.56. The van der Waals surface area contributed by atoms with Crippen LogP contribution in [-0.2, 0) is 9.59 Å². The number of carbonyl (C=O) groups excluding carboxylic acids is 2. The largest absolute Gasteiger partial charge is 0.507 e. The summed E-state index contributed by atoms with van der Waals surface area (Å²) in [7, 11) is 1.52. The van der Waals surface area contributed by atoms with Crippen molar-refractivity contribution in [2.45, 2.75) is 6.04 Å². The van der Waals surface area contributed by atoms with Crippen LogP contribution in [0.2, 0.25) is 5.02 Å². The number of fused-ring (bicyclic) bond motifs is 1. The van der Waals surface area contributed by atoms with Gasteiger partial charge in [-0.1, -0.05) is 47.2 Å². The van der Waals surface area contributed by atoms with Crippen LogP contribution in [0.3, 0.4) is 0 Å². The molecule has 34 heavy (non-hydrogen) atoms. The number of benzene rings is 3. The number of aromatic nitrogens is 1. The minimum absolute atomic E-state index is 0.00301. The van der Waals surface area contributed by atoms with Gasteiger partial charge in [-0.05, 0) is 70.6 Å². The zero-order valence-electron chi connectivity index (χ0n) is 17.7. The summed E-state index contributed by atoms with van der Waals surface area (Å²) in [6, 6.07) is 18.6. The summed E-state index contributed by atoms with van der Waals surface area (Å²) >= 11 is 9.58. The van der Waals surface area contributed by atoms with Crippen molar-refractivity contribution >= 4 is 78.3 Å². The molecule has 0 aliphatic carbocycles. The van der Waals surface area contributed by atoms with E-state index in [1.807, 2.05) is 24.3 Å². The minimum atomic E-state index is -0.848. The molecule has 2 heterocycles. The van der Waals surface area contributed by atoms with Crippen LogP contribution in [0.25, 0.3) is 16.0 Å². The Morgan fingerprint density at radius 1 is 1.12 bits per heavy atom. The van der Waals surface area contributed by atoms with Crippen LogP contribution in [0.1, 0.15) is 17.2 Å². The van der Waals surface area contributed by atoms with Crippen LogP contribution in [0.5, 0.6) is 5.75 Å². The zero-order chi connectivity index (χ0) is 24.0. The SMILES string of the molecule is COc1cccc(C(O)=C2C(=O)C(=O)N(c3nc4ccc(Cl)cc4s3)C2c2ccc(I)cc2)c1. The van der Waals surface area contributed by atoms with Crippen molar-refractivity contribution in [2.75, 3.05) is 12.0 Å². The monoisotopic (exact) mass is 602 g/mol. The molecule has 6 nitrogen and oxygen atoms in total. The van der Waals surface area contributed by atoms with Crippen LogP contribution in [0.15, 0.2) is 72.3 Å². The van der Waals surface area contributed by atoms with E-state index in [-0.39, 0.29) is 11.3 Å². The zero-order valence-corrected chi connectivity index (χ0v) is 21.4. The molecule has 1 fully saturated rings. The highest BCUT2D eigenvalue weighted by Crippen LogP contribution is 2.44. The highest BCUT2D eigenvalue weighted by atomic mass is 127. The summed E-state index contributed by atoms with van der Waals surface area (Å²) in [6.45, 7) is 0. The van der Waals surface area contributed by atoms with E-state index in [0.29, 0.717) is 32.5 Å². The molecule has 170 valence electrons. The van der Waals surface area contributed by atoms with E-state index >= 15 is 0 Å². The second kappa shape index (κ2) is 9.01. The van der Waals surface area contributed by atoms with Gasteiger partial charge in [0.15, 0.2) is 5.13 Å². The number of halogens is 2. The molecule has 4 aromatic rings. The van der Waals surface area contributed by atoms with E-state index < -0.39 is 17.7 Å². The van der Waals surface area contributed by atoms with E-state index in [4.69, 9.17) is 16.3 Å². The summed E-state index contributed by atoms with van der Waals surface area (Å²) in [5.41, 5.74) is 1.72. The molecule has 1 saturated heterocycles. The van der Waals surface area contributed by atoms with Gasteiger partial charge in [-0.15, -0.1) is 0 Å². The molecule has 5 rings (SSSR count). The van der Waals surface area contributed by atoms with Crippen LogP contribution < -0.4 is 9.64 Å². The fraction of sp³-hybridized carbons (Fsp3) is 0.0800. The van der Waals surface area contributed by atoms with Crippen LogP contribution in [-0.4, -0.2) is 28.9 Å². The normalized spacial score (nSPS) is 17.5. The molecule has 1 N–H and O–H groups in total. The summed E-state index contributed by atoms with van der Waals surface area (Å²) < 4.78 is 7.05. The first kappa shape index (κ1) is 22.8. The van der Waals surface area contributed by atoms with Gasteiger partial charge in [-0.2, -0.15) is 0 Å². The molecule has 0 radical (unpaired) electrons. The van der Waals surface area contributed by atoms with Crippen molar-refractivity contribution in [1.29, 1.82) is 0 Å². The number of ketones is 1. The molecule has 1 amide bonds. The van der Waals surface area contributed by atoms with Crippen molar-refractivity contribution in [3.63, 3.8) is 0 Å². The van der Waals surface area contributed by atoms with Gasteiger partial charge in [0.05, 0.1) is 28.9 Å². The van der Waals surface area contributed by atoms with Crippen molar-refractivity contribution in [2.24, 2.45) is 0 Å². The molecule has 3 aromatic carbocycles. The molecule has 1 aromatic heterocycles. The fourth-order valence-corrected chi connectivity index (χ4v) is 5.53. The van der Waals surface area contributed by atoms with Crippen LogP contribution in [0, 0.1) is 3.57 Å². The number of anilines is 1. The Labute approximate surface area is 217 Å². The third-order valence-corrected chi connectivity index (χ3v) is 7.49. The summed E-state index contributed by atoms with van der Waals surface area (Å²) in [4.78, 5) is 32.6. The Hall–Kier alpha value is -2.95. The third kappa shape index (κ3) is 3.95. The molecular formula is C25H16ClIN2O4S. The molecule has 1 unspecified atom stereocenters. The van der Waals surface area contributed by atoms with E-state index in [0.717, 1.165) is 8.27 Å². The Morgan fingerprint density at radius 3 is 2.62 bits per heavy atom. The maximum Gasteiger partial charge on any atom is 0.301 e. The molecule has 0 saturated carbocycles. The van der Waals surface area contributed by atoms with E-state index in [1.165, 1.54) is 23.3 Å². The average molecular weight is 603 g/mol. The van der Waals surface area contributed by atoms with Crippen LogP contribution in [0.4, 0.5) is 5.13 Å². The summed E-state index contributed by atoms with van der Waals surface area (Å²) in [5, 5.41) is 12.2. The minimum Gasteiger partial charge on any atom is -0.507 e. The molecule has 1 atom stereocenters. The summed E-state index contributed by atoms with van der Waals surface area (Å²) in [5.74, 6) is -1.28. The molecule has 0 spiro atoms. The number of ether oxygens (including phenoxy) is 1. The maximum atomic E-state index is 13.3. The number of methoxy groups -OCH3 is 1. The lowest BCUT2D eigenvalue weighted by atomic mass is 9.95. The number of hydrogen-bond acceptors (Lipinski definition) is 6. The standard InChI is InChI=1S/C25H16ClIN2O4S/c1-33-17-4-2-3-14(11-17)22(30)20-21(13-5-8-16(27)9-6-13)29(24(32)23(20)31)25-28-18-10-7-15(26)12-19(18)34-25/h2-12,21,30H,1H3. The van der Waals surface area contributed by atoms with Gasteiger partial charge in [0.2, 0.25) is 0 Å². The number of rotatable bonds is 4. The third-order valence-electron chi connectivity index (χ3n) is 5.52. The van der Waals surface area contributed by atoms with E-state index in [9.17, 15) is 14.7 Å². The Balaban J connectivity index is 1.73. The molecule has 1 aliphatic rings. The van der Waals surface area contributed by atoms with E-state index in [2.05, 4.69) is 27.6 Å². The lowest BCUT2D eigenvalue weighted by Crippen LogP contribution is -2.29. The number of carbonyl (C=O) groups is 2. The molecule has 0 bridgehead atoms. The first-order valence-electron chi connectivity index (χ1n) is 10.1. The van der Waals surface area contributed by atoms with Gasteiger partial charge in [0.25, 0.3) is 5.78 Å². The van der Waals surface area contributed by atoms with Gasteiger partial charge in [0.1, 0.15) is 11.5 Å². The number of aliphatic hydroxyl groups is 1. The van der Waals surface area contributed by atoms with Gasteiger partial charge in [-0.25, -0.2) is 4.98 Å². The predicted octanol–water partition coefficient (Wildman–Crippen LogP) is 6.19. The fourth-order valence-electron chi connectivity index (χ4n) is 3.91. The first-order chi connectivity index (χ1) is 16.4. The quantitative estimate of drug-likeness (QED) is 0.130. The van der Waals surface area contributed by atoms with Crippen molar-refractivity contribution in [1.82, 2.24) is 4.98 Å². The molecular weight excluding hydrogens is 587 g/mol. The van der Waals surface area contributed by atoms with Crippen molar-refractivity contribution in [3.05, 3.63) is 92.0 Å². The molecule has 1 aliphatic heterocycles. The number of aliphatic hydroxyl groups excluding tert-OH is 1. The van der Waals surface area contributed by atoms with Gasteiger partial charge < -0.3 is 9.84 Å². The topological polar surface area (TPSA) is 79.7 Å². The van der Waals surface area contributed by atoms with Gasteiger partial charge in [-0.3, -0.25) is 14.5 Å². The highest BCUT2D eigenvalue weighted by molar-refractivity contribution is 14.1. The second-order valence-corrected chi connectivity index (χ2v) is 10.3. The predicted molar refractivity (Wildman–Crippen MR) is 142 cm³/mol. The number of amides is 1. The lowest BCUT2D eigenvalue weighted by Gasteiger charge is -2.23. The van der Waals surface area contributed by atoms with Gasteiger partial charge >= 0.3 is 5.91 Å². The Kier molecular flexibility index (Phi) is 6.05. The average Bonchev–Trinajstić information content (AvgIpc) is 3.37. The maximum absolute atomic E-state index is 13.3. The number of hydrogen-bond donors (Lipinski definition) is 1. The number of thiazole rings is 1. The number of nitrogens with zero attached hydrogens (tertiary/aromatic N) is 2. The first-order valence-corrected chi connectivity index (χ1v) is 12.4. The Bertz CT molecular complexity index is 1480. The van der Waals surface area contributed by atoms with Crippen molar-refractivity contribution < 1.29 is 19.4 Å². The molecule has 9 heteroatoms. The number of Topliss-reactive ketones (excluding diaryl/α,β-unsaturated/α-hetero) is 1. The lowest BCUT2D eigenvalue weighted by molar-refractivity contribution is -0.132. The highest BCUT2D eigenvalue weighted by Gasteiger charge is 2.48. The van der Waals surface area contributed by atoms with Crippen LogP contribution >= 0.6 is 45.5 Å². The Morgan fingerprint density at radius 2 is 1.88 bits per heavy atom. The van der Waals surface area contributed by atoms with Gasteiger partial charge in [0, 0.05) is 14.2 Å². The van der Waals surface area contributed by atoms with E-state index in [1.54, 1.807) is 42.5 Å². The summed E-state index contributed by atoms with van der Waals surface area (Å²) in [6.07, 6.45) is 0.